The van der Waals surface area contributed by atoms with E-state index in [2.05, 4.69) is 6.92 Å². The van der Waals surface area contributed by atoms with E-state index in [4.69, 9.17) is 9.31 Å². The smallest absolute Gasteiger partial charge is 0.407 e. The Hall–Kier alpha value is -0.835. The van der Waals surface area contributed by atoms with E-state index in [0.29, 0.717) is 13.2 Å². The van der Waals surface area contributed by atoms with E-state index in [1.165, 1.54) is 5.56 Å². The van der Waals surface area contributed by atoms with E-state index in [1.54, 1.807) is 0 Å². The zero-order chi connectivity index (χ0) is 11.6. The number of aliphatic hydroxyl groups excluding tert-OH is 1. The molecule has 1 aliphatic heterocycles. The van der Waals surface area contributed by atoms with Gasteiger partial charge >= 0.3 is 7.12 Å². The van der Waals surface area contributed by atoms with Crippen molar-refractivity contribution in [2.45, 2.75) is 13.8 Å². The zero-order valence-electron chi connectivity index (χ0n) is 9.77. The molecule has 0 atom stereocenters. The quantitative estimate of drug-likeness (QED) is 0.747. The zero-order valence-corrected chi connectivity index (χ0v) is 9.77. The predicted octanol–water partition coefficient (Wildman–Crippen LogP) is 0.736. The summed E-state index contributed by atoms with van der Waals surface area (Å²) in [6.07, 6.45) is 0. The van der Waals surface area contributed by atoms with Crippen LogP contribution >= 0.6 is 0 Å². The predicted molar refractivity (Wildman–Crippen MR) is 63.7 cm³/mol. The number of benzene rings is 1. The minimum absolute atomic E-state index is 0.0909. The van der Waals surface area contributed by atoms with E-state index >= 15 is 0 Å². The normalized spacial score (nSPS) is 19.8. The van der Waals surface area contributed by atoms with Crippen LogP contribution in [0.2, 0.25) is 0 Å². The summed E-state index contributed by atoms with van der Waals surface area (Å²) in [6.45, 7) is 5.16. The minimum Gasteiger partial charge on any atom is -0.407 e. The molecule has 0 radical (unpaired) electrons. The van der Waals surface area contributed by atoms with Gasteiger partial charge in [0.15, 0.2) is 0 Å². The molecule has 0 aliphatic carbocycles. The SMILES string of the molecule is Cc1ccc(B2OCC(C)(CO)CO2)cc1. The van der Waals surface area contributed by atoms with Crippen LogP contribution in [0.4, 0.5) is 0 Å². The molecular weight excluding hydrogens is 203 g/mol. The first-order chi connectivity index (χ1) is 7.63. The third kappa shape index (κ3) is 2.46. The summed E-state index contributed by atoms with van der Waals surface area (Å²) in [5.74, 6) is 0. The Balaban J connectivity index is 2.01. The fourth-order valence-corrected chi connectivity index (χ4v) is 1.65. The van der Waals surface area contributed by atoms with Crippen LogP contribution in [0.5, 0.6) is 0 Å². The summed E-state index contributed by atoms with van der Waals surface area (Å²) < 4.78 is 11.3. The topological polar surface area (TPSA) is 38.7 Å². The first-order valence-electron chi connectivity index (χ1n) is 5.54. The Morgan fingerprint density at radius 3 is 2.31 bits per heavy atom. The van der Waals surface area contributed by atoms with Crippen LogP contribution in [0, 0.1) is 12.3 Å². The summed E-state index contributed by atoms with van der Waals surface area (Å²) in [4.78, 5) is 0. The molecule has 0 saturated carbocycles. The highest BCUT2D eigenvalue weighted by Crippen LogP contribution is 2.21. The van der Waals surface area contributed by atoms with Crippen LogP contribution in [0.25, 0.3) is 0 Å². The van der Waals surface area contributed by atoms with Gasteiger partial charge in [0.05, 0.1) is 6.61 Å². The van der Waals surface area contributed by atoms with Crippen molar-refractivity contribution in [1.29, 1.82) is 0 Å². The Bertz CT molecular complexity index is 342. The molecule has 2 rings (SSSR count). The van der Waals surface area contributed by atoms with E-state index in [-0.39, 0.29) is 19.1 Å². The van der Waals surface area contributed by atoms with Crippen LogP contribution in [-0.2, 0) is 9.31 Å². The average molecular weight is 220 g/mol. The lowest BCUT2D eigenvalue weighted by atomic mass is 9.75. The Labute approximate surface area is 96.5 Å². The van der Waals surface area contributed by atoms with E-state index in [0.717, 1.165) is 5.46 Å². The van der Waals surface area contributed by atoms with E-state index in [9.17, 15) is 5.11 Å². The fourth-order valence-electron chi connectivity index (χ4n) is 1.65. The average Bonchev–Trinajstić information content (AvgIpc) is 2.32. The molecule has 1 aliphatic rings. The van der Waals surface area contributed by atoms with Crippen molar-refractivity contribution in [3.8, 4) is 0 Å². The molecule has 1 aromatic carbocycles. The minimum atomic E-state index is -0.291. The molecule has 0 spiro atoms. The van der Waals surface area contributed by atoms with Gasteiger partial charge in [-0.25, -0.2) is 0 Å². The highest BCUT2D eigenvalue weighted by atomic mass is 16.6. The Morgan fingerprint density at radius 1 is 1.25 bits per heavy atom. The maximum atomic E-state index is 9.18. The van der Waals surface area contributed by atoms with Gasteiger partial charge in [0.2, 0.25) is 0 Å². The van der Waals surface area contributed by atoms with E-state index < -0.39 is 0 Å². The summed E-state index contributed by atoms with van der Waals surface area (Å²) in [5.41, 5.74) is 1.99. The second-order valence-corrected chi connectivity index (χ2v) is 4.83. The van der Waals surface area contributed by atoms with Gasteiger partial charge in [-0.3, -0.25) is 0 Å². The molecule has 1 saturated heterocycles. The summed E-state index contributed by atoms with van der Waals surface area (Å²) in [6, 6.07) is 8.12. The van der Waals surface area contributed by atoms with Gasteiger partial charge < -0.3 is 14.4 Å². The van der Waals surface area contributed by atoms with Gasteiger partial charge in [0.25, 0.3) is 0 Å². The molecule has 0 bridgehead atoms. The molecule has 16 heavy (non-hydrogen) atoms. The van der Waals surface area contributed by atoms with E-state index in [1.807, 2.05) is 31.2 Å². The van der Waals surface area contributed by atoms with Crippen molar-refractivity contribution in [3.05, 3.63) is 29.8 Å². The third-order valence-corrected chi connectivity index (χ3v) is 2.90. The lowest BCUT2D eigenvalue weighted by molar-refractivity contribution is -0.0145. The first-order valence-corrected chi connectivity index (χ1v) is 5.54. The van der Waals surface area contributed by atoms with Gasteiger partial charge in [-0.05, 0) is 12.4 Å². The standard InChI is InChI=1S/C12H17BO3/c1-10-3-5-11(6-4-10)13-15-8-12(2,7-14)9-16-13/h3-6,14H,7-9H2,1-2H3. The second kappa shape index (κ2) is 4.57. The van der Waals surface area contributed by atoms with Gasteiger partial charge in [-0.2, -0.15) is 0 Å². The molecule has 1 aromatic rings. The van der Waals surface area contributed by atoms with Gasteiger partial charge in [0, 0.05) is 18.6 Å². The number of hydrogen-bond acceptors (Lipinski definition) is 3. The summed E-state index contributed by atoms with van der Waals surface area (Å²) in [7, 11) is -0.291. The molecule has 1 heterocycles. The number of aryl methyl sites for hydroxylation is 1. The highest BCUT2D eigenvalue weighted by Gasteiger charge is 2.35. The third-order valence-electron chi connectivity index (χ3n) is 2.90. The van der Waals surface area contributed by atoms with Crippen molar-refractivity contribution in [1.82, 2.24) is 0 Å². The van der Waals surface area contributed by atoms with Crippen LogP contribution < -0.4 is 5.46 Å². The van der Waals surface area contributed by atoms with Gasteiger partial charge in [-0.1, -0.05) is 36.8 Å². The van der Waals surface area contributed by atoms with Crippen molar-refractivity contribution in [2.75, 3.05) is 19.8 Å². The molecule has 0 amide bonds. The molecule has 3 nitrogen and oxygen atoms in total. The summed E-state index contributed by atoms with van der Waals surface area (Å²) >= 11 is 0. The lowest BCUT2D eigenvalue weighted by Gasteiger charge is -2.34. The van der Waals surface area contributed by atoms with Gasteiger partial charge in [-0.15, -0.1) is 0 Å². The molecule has 1 N–H and O–H groups in total. The largest absolute Gasteiger partial charge is 0.493 e. The Morgan fingerprint density at radius 2 is 1.81 bits per heavy atom. The van der Waals surface area contributed by atoms with Crippen molar-refractivity contribution < 1.29 is 14.4 Å². The van der Waals surface area contributed by atoms with Crippen LogP contribution in [0.15, 0.2) is 24.3 Å². The molecule has 0 unspecified atom stereocenters. The first kappa shape index (κ1) is 11.6. The fraction of sp³-hybridized carbons (Fsp3) is 0.500. The monoisotopic (exact) mass is 220 g/mol. The van der Waals surface area contributed by atoms with Crippen LogP contribution in [0.1, 0.15) is 12.5 Å². The number of rotatable bonds is 2. The molecule has 0 aromatic heterocycles. The molecule has 1 fully saturated rings. The Kier molecular flexibility index (Phi) is 3.33. The van der Waals surface area contributed by atoms with Crippen molar-refractivity contribution in [2.24, 2.45) is 5.41 Å². The lowest BCUT2D eigenvalue weighted by Crippen LogP contribution is -2.49. The van der Waals surface area contributed by atoms with Crippen LogP contribution in [-0.4, -0.2) is 32.0 Å². The molecule has 86 valence electrons. The highest BCUT2D eigenvalue weighted by molar-refractivity contribution is 6.61. The van der Waals surface area contributed by atoms with Crippen LogP contribution in [0.3, 0.4) is 0 Å². The van der Waals surface area contributed by atoms with Gasteiger partial charge in [0.1, 0.15) is 0 Å². The maximum Gasteiger partial charge on any atom is 0.493 e. The maximum absolute atomic E-state index is 9.18. The van der Waals surface area contributed by atoms with Crippen molar-refractivity contribution in [3.63, 3.8) is 0 Å². The molecule has 4 heteroatoms. The summed E-state index contributed by atoms with van der Waals surface area (Å²) in [5, 5.41) is 9.18. The van der Waals surface area contributed by atoms with Crippen molar-refractivity contribution >= 4 is 12.6 Å². The number of hydrogen-bond donors (Lipinski definition) is 1. The second-order valence-electron chi connectivity index (χ2n) is 4.83. The number of aliphatic hydroxyl groups is 1. The molecular formula is C12H17BO3.